The normalized spacial score (nSPS) is 16.9. The molecule has 4 aliphatic rings. The summed E-state index contributed by atoms with van der Waals surface area (Å²) in [6.07, 6.45) is 23.7. The highest BCUT2D eigenvalue weighted by atomic mass is 15.1. The molecule has 10 aromatic carbocycles. The summed E-state index contributed by atoms with van der Waals surface area (Å²) in [4.78, 5) is 4.84. The largest absolute Gasteiger partial charge is 0.385 e. The van der Waals surface area contributed by atoms with E-state index in [4.69, 9.17) is 0 Å². The molecule has 0 radical (unpaired) electrons. The third-order valence-corrected chi connectivity index (χ3v) is 21.7. The van der Waals surface area contributed by atoms with Gasteiger partial charge in [0.15, 0.2) is 0 Å². The summed E-state index contributed by atoms with van der Waals surface area (Å²) in [6, 6.07) is 81.0. The predicted molar refractivity (Wildman–Crippen MR) is 420 cm³/mol. The summed E-state index contributed by atoms with van der Waals surface area (Å²) in [6.45, 7) is 23.2. The van der Waals surface area contributed by atoms with Gasteiger partial charge in [0.25, 0.3) is 0 Å². The summed E-state index contributed by atoms with van der Waals surface area (Å²) in [7, 11) is 0. The number of anilines is 6. The molecule has 2 saturated carbocycles. The van der Waals surface area contributed by atoms with E-state index in [-0.39, 0.29) is 0 Å². The molecule has 4 atom stereocenters. The van der Waals surface area contributed by atoms with E-state index in [1.807, 2.05) is 0 Å². The van der Waals surface area contributed by atoms with Gasteiger partial charge in [-0.2, -0.15) is 9.15 Å². The third kappa shape index (κ3) is 13.0. The zero-order chi connectivity index (χ0) is 67.2. The van der Waals surface area contributed by atoms with Crippen molar-refractivity contribution in [1.29, 1.82) is 0 Å². The number of fused-ring (bicyclic) bond motifs is 4. The molecule has 14 rings (SSSR count). The highest BCUT2D eigenvalue weighted by Crippen LogP contribution is 2.54. The maximum Gasteiger partial charge on any atom is 0.208 e. The molecule has 0 aromatic heterocycles. The van der Waals surface area contributed by atoms with E-state index in [0.29, 0.717) is 17.8 Å². The molecule has 6 nitrogen and oxygen atoms in total. The molecule has 0 spiro atoms. The van der Waals surface area contributed by atoms with E-state index < -0.39 is 0 Å². The molecular formula is C92H94N6+2. The van der Waals surface area contributed by atoms with Crippen molar-refractivity contribution in [2.45, 2.75) is 81.1 Å². The summed E-state index contributed by atoms with van der Waals surface area (Å²) in [5.41, 5.74) is 27.0. The van der Waals surface area contributed by atoms with Crippen LogP contribution in [0, 0.1) is 51.4 Å². The fraction of sp³-hybridized carbons (Fsp3) is 0.239. The Morgan fingerprint density at radius 3 is 1.24 bits per heavy atom. The van der Waals surface area contributed by atoms with Crippen molar-refractivity contribution in [3.8, 4) is 0 Å². The Morgan fingerprint density at radius 2 is 0.816 bits per heavy atom. The second-order valence-corrected chi connectivity index (χ2v) is 27.2. The van der Waals surface area contributed by atoms with Crippen molar-refractivity contribution < 1.29 is 9.15 Å². The van der Waals surface area contributed by atoms with Crippen LogP contribution in [0.2, 0.25) is 0 Å². The lowest BCUT2D eigenvalue weighted by atomic mass is 9.86. The first kappa shape index (κ1) is 65.0. The van der Waals surface area contributed by atoms with Crippen LogP contribution in [0.1, 0.15) is 97.9 Å². The highest BCUT2D eigenvalue weighted by Gasteiger charge is 2.47. The van der Waals surface area contributed by atoms with E-state index in [1.54, 1.807) is 0 Å². The zero-order valence-corrected chi connectivity index (χ0v) is 58.6. The molecule has 4 unspecified atom stereocenters. The Kier molecular flexibility index (Phi) is 19.4. The minimum absolute atomic E-state index is 0.637. The first-order valence-electron chi connectivity index (χ1n) is 36.1. The Hall–Kier alpha value is -10.3. The van der Waals surface area contributed by atoms with E-state index in [2.05, 4.69) is 352 Å². The lowest BCUT2D eigenvalue weighted by Crippen LogP contribution is -2.22. The van der Waals surface area contributed by atoms with Crippen LogP contribution in [0.4, 0.5) is 45.5 Å². The lowest BCUT2D eigenvalue weighted by Gasteiger charge is -2.26. The molecule has 2 fully saturated rings. The molecule has 0 saturated heterocycles. The quantitative estimate of drug-likeness (QED) is 0.0703. The first-order chi connectivity index (χ1) is 48.1. The Balaban J connectivity index is 0.714. The van der Waals surface area contributed by atoms with Crippen molar-refractivity contribution >= 4 is 89.6 Å². The van der Waals surface area contributed by atoms with E-state index in [1.165, 1.54) is 171 Å². The van der Waals surface area contributed by atoms with Gasteiger partial charge in [-0.25, -0.2) is 0 Å². The van der Waals surface area contributed by atoms with Gasteiger partial charge in [0.05, 0.1) is 0 Å². The van der Waals surface area contributed by atoms with E-state index in [0.717, 1.165) is 45.2 Å². The van der Waals surface area contributed by atoms with Crippen LogP contribution < -0.4 is 20.4 Å². The van der Waals surface area contributed by atoms with Crippen LogP contribution in [0.15, 0.2) is 278 Å². The smallest absolute Gasteiger partial charge is 0.208 e. The molecular weight excluding hydrogens is 1190 g/mol. The molecule has 98 heavy (non-hydrogen) atoms. The molecule has 0 heterocycles. The number of nitrogens with one attached hydrogen (secondary N) is 2. The SMILES string of the molecule is CCN(c1ccc(C(=C2C=CC(=[N+](CC)c3ccccc3C)C=C2)c2ccc(NCCC3C4CCC3C(CNc3ccc(C(=C5C=CC(=[N+](CC)c6ccccc6C)C=C5)c5ccc(N(CC)c6ccccc6C)cc5)c5ccccc35)C4)c3ccccc23)cc1)c1ccccc1C. The standard InChI is InChI=1S/C92H92N6/c1-9-95(87-33-21-13-25-63(87)5)73-46-37-67(38-47-73)91(68-39-48-74(49-40-68)96(10-2)88-34-22-14-26-64(88)6)83-55-57-85(81-31-19-17-29-79(81)83)93-60-59-78-71-45-54-77(78)72(61-71)62-94-86-58-56-84(80-30-18-20-32-82(80)86)92(69-41-50-75(51-42-69)97(11-3)89-35-23-15-27-65(89)7)70-43-52-76(53-44-70)98(12-4)90-36-24-16-28-66(90)8/h13-44,46-53,55-58,71-72,77-78H,9-12,45,54,59-62H2,1-8H3/p+2. The molecule has 0 amide bonds. The minimum atomic E-state index is 0.637. The summed E-state index contributed by atoms with van der Waals surface area (Å²) in [5, 5.41) is 13.2. The highest BCUT2D eigenvalue weighted by molar-refractivity contribution is 6.09. The summed E-state index contributed by atoms with van der Waals surface area (Å²) >= 11 is 0. The summed E-state index contributed by atoms with van der Waals surface area (Å²) in [5.74, 6) is 2.83. The molecule has 490 valence electrons. The van der Waals surface area contributed by atoms with Gasteiger partial charge in [0.2, 0.25) is 22.8 Å². The van der Waals surface area contributed by atoms with Gasteiger partial charge in [-0.3, -0.25) is 0 Å². The van der Waals surface area contributed by atoms with Gasteiger partial charge in [-0.05, 0) is 244 Å². The number of aryl methyl sites for hydroxylation is 4. The monoisotopic (exact) mass is 1280 g/mol. The van der Waals surface area contributed by atoms with Crippen molar-refractivity contribution in [1.82, 2.24) is 0 Å². The van der Waals surface area contributed by atoms with Crippen molar-refractivity contribution in [3.05, 3.63) is 323 Å². The Labute approximate surface area is 582 Å². The fourth-order valence-corrected chi connectivity index (χ4v) is 16.9. The minimum Gasteiger partial charge on any atom is -0.385 e. The number of nitrogens with zero attached hydrogens (tertiary/aromatic N) is 4. The molecule has 0 aliphatic heterocycles. The Bertz CT molecular complexity index is 4840. The summed E-state index contributed by atoms with van der Waals surface area (Å²) < 4.78 is 4.84. The topological polar surface area (TPSA) is 36.6 Å². The van der Waals surface area contributed by atoms with Crippen molar-refractivity contribution in [2.75, 3.05) is 59.7 Å². The molecule has 4 aliphatic carbocycles. The van der Waals surface area contributed by atoms with Gasteiger partial charge >= 0.3 is 0 Å². The lowest BCUT2D eigenvalue weighted by molar-refractivity contribution is -0.435. The molecule has 10 aromatic rings. The molecule has 2 N–H and O–H groups in total. The average Bonchev–Trinajstić information content (AvgIpc) is 0.960. The third-order valence-electron chi connectivity index (χ3n) is 21.7. The van der Waals surface area contributed by atoms with Crippen molar-refractivity contribution in [3.63, 3.8) is 0 Å². The van der Waals surface area contributed by atoms with Gasteiger partial charge in [-0.15, -0.1) is 0 Å². The van der Waals surface area contributed by atoms with Crippen LogP contribution >= 0.6 is 0 Å². The van der Waals surface area contributed by atoms with Gasteiger partial charge in [-0.1, -0.05) is 158 Å². The number of para-hydroxylation sites is 4. The average molecular weight is 1280 g/mol. The van der Waals surface area contributed by atoms with Crippen LogP contribution in [0.5, 0.6) is 0 Å². The number of rotatable bonds is 21. The van der Waals surface area contributed by atoms with Crippen molar-refractivity contribution in [2.24, 2.45) is 23.7 Å². The number of hydrogen-bond donors (Lipinski definition) is 2. The van der Waals surface area contributed by atoms with E-state index >= 15 is 0 Å². The zero-order valence-electron chi connectivity index (χ0n) is 58.6. The molecule has 2 bridgehead atoms. The van der Waals surface area contributed by atoms with E-state index in [9.17, 15) is 0 Å². The second kappa shape index (κ2) is 29.2. The number of allylic oxidation sites excluding steroid dienone is 10. The molecule has 6 heteroatoms. The second-order valence-electron chi connectivity index (χ2n) is 27.2. The maximum absolute atomic E-state index is 4.11. The van der Waals surface area contributed by atoms with Gasteiger partial charge in [0.1, 0.15) is 13.1 Å². The van der Waals surface area contributed by atoms with Crippen LogP contribution in [0.3, 0.4) is 0 Å². The Morgan fingerprint density at radius 1 is 0.408 bits per heavy atom. The van der Waals surface area contributed by atoms with Gasteiger partial charge < -0.3 is 20.4 Å². The van der Waals surface area contributed by atoms with Gasteiger partial charge in [0, 0.05) is 119 Å². The first-order valence-corrected chi connectivity index (χ1v) is 36.1. The maximum atomic E-state index is 4.11. The fourth-order valence-electron chi connectivity index (χ4n) is 16.9. The van der Waals surface area contributed by atoms with Crippen LogP contribution in [-0.4, -0.2) is 59.8 Å². The predicted octanol–water partition coefficient (Wildman–Crippen LogP) is 22.6. The number of benzene rings is 10. The van der Waals surface area contributed by atoms with Crippen LogP contribution in [0.25, 0.3) is 32.7 Å². The number of hydrogen-bond acceptors (Lipinski definition) is 4. The van der Waals surface area contributed by atoms with Crippen LogP contribution in [-0.2, 0) is 0 Å².